The topological polar surface area (TPSA) is 54.7 Å². The summed E-state index contributed by atoms with van der Waals surface area (Å²) in [6.07, 6.45) is 10.2. The summed E-state index contributed by atoms with van der Waals surface area (Å²) >= 11 is 0. The number of likely N-dealkylation sites (tertiary alicyclic amines) is 1. The lowest BCUT2D eigenvalue weighted by atomic mass is 9.88. The molecule has 1 aromatic carbocycles. The summed E-state index contributed by atoms with van der Waals surface area (Å²) < 4.78 is 11.7. The summed E-state index contributed by atoms with van der Waals surface area (Å²) in [5, 5.41) is 3.02. The smallest absolute Gasteiger partial charge is 0.251 e. The van der Waals surface area contributed by atoms with Crippen LogP contribution in [0.25, 0.3) is 6.08 Å². The Hall–Kier alpha value is -2.37. The molecule has 1 aromatic heterocycles. The minimum Gasteiger partial charge on any atom is -0.465 e. The molecule has 148 valence electrons. The monoisotopic (exact) mass is 380 g/mol. The lowest BCUT2D eigenvalue weighted by Crippen LogP contribution is -2.45. The average Bonchev–Trinajstić information content (AvgIpc) is 3.39. The largest absolute Gasteiger partial charge is 0.465 e. The van der Waals surface area contributed by atoms with Crippen molar-refractivity contribution >= 4 is 12.0 Å². The number of carbonyl (C=O) groups excluding carboxylic acids is 1. The van der Waals surface area contributed by atoms with Gasteiger partial charge < -0.3 is 14.5 Å². The molecular weight excluding hydrogens is 352 g/mol. The van der Waals surface area contributed by atoms with Gasteiger partial charge in [-0.3, -0.25) is 9.69 Å². The van der Waals surface area contributed by atoms with Crippen LogP contribution in [0.1, 0.15) is 41.8 Å². The number of benzene rings is 1. The van der Waals surface area contributed by atoms with Gasteiger partial charge in [-0.1, -0.05) is 24.3 Å². The van der Waals surface area contributed by atoms with E-state index in [0.717, 1.165) is 51.1 Å². The van der Waals surface area contributed by atoms with E-state index in [0.29, 0.717) is 12.1 Å². The van der Waals surface area contributed by atoms with Crippen LogP contribution >= 0.6 is 0 Å². The molecule has 1 N–H and O–H groups in total. The summed E-state index contributed by atoms with van der Waals surface area (Å²) in [6.45, 7) is 3.62. The highest BCUT2D eigenvalue weighted by Crippen LogP contribution is 2.38. The van der Waals surface area contributed by atoms with Crippen LogP contribution in [0.2, 0.25) is 0 Å². The molecule has 0 radical (unpaired) electrons. The molecule has 0 aliphatic carbocycles. The number of nitrogens with zero attached hydrogens (tertiary/aromatic N) is 1. The fourth-order valence-electron chi connectivity index (χ4n) is 4.15. The van der Waals surface area contributed by atoms with Crippen molar-refractivity contribution in [3.63, 3.8) is 0 Å². The second kappa shape index (κ2) is 8.76. The molecule has 1 spiro atoms. The Labute approximate surface area is 166 Å². The zero-order valence-corrected chi connectivity index (χ0v) is 16.2. The predicted molar refractivity (Wildman–Crippen MR) is 109 cm³/mol. The quantitative estimate of drug-likeness (QED) is 0.830. The second-order valence-electron chi connectivity index (χ2n) is 7.76. The molecule has 28 heavy (non-hydrogen) atoms. The molecule has 1 amide bonds. The van der Waals surface area contributed by atoms with Crippen molar-refractivity contribution < 1.29 is 13.9 Å². The molecule has 2 fully saturated rings. The maximum absolute atomic E-state index is 12.2. The molecule has 5 nitrogen and oxygen atoms in total. The van der Waals surface area contributed by atoms with Gasteiger partial charge in [0.1, 0.15) is 5.76 Å². The lowest BCUT2D eigenvalue weighted by Gasteiger charge is -2.38. The maximum Gasteiger partial charge on any atom is 0.251 e. The first kappa shape index (κ1) is 19.0. The third-order valence-corrected chi connectivity index (χ3v) is 5.82. The van der Waals surface area contributed by atoms with Crippen LogP contribution in [0, 0.1) is 0 Å². The van der Waals surface area contributed by atoms with Crippen LogP contribution in [0.15, 0.2) is 59.2 Å². The number of amides is 1. The number of carbonyl (C=O) groups is 1. The molecule has 2 aliphatic heterocycles. The van der Waals surface area contributed by atoms with Crippen LogP contribution < -0.4 is 5.32 Å². The van der Waals surface area contributed by atoms with Crippen molar-refractivity contribution in [1.29, 1.82) is 0 Å². The van der Waals surface area contributed by atoms with Gasteiger partial charge in [0, 0.05) is 31.7 Å². The van der Waals surface area contributed by atoms with Crippen LogP contribution in [-0.4, -0.2) is 48.7 Å². The third-order valence-electron chi connectivity index (χ3n) is 5.82. The molecule has 2 saturated heterocycles. The van der Waals surface area contributed by atoms with E-state index in [1.54, 1.807) is 6.26 Å². The Morgan fingerprint density at radius 1 is 1.14 bits per heavy atom. The highest BCUT2D eigenvalue weighted by molar-refractivity contribution is 5.94. The van der Waals surface area contributed by atoms with Gasteiger partial charge in [0.05, 0.1) is 18.0 Å². The van der Waals surface area contributed by atoms with Gasteiger partial charge in [-0.05, 0) is 56.0 Å². The molecule has 0 bridgehead atoms. The summed E-state index contributed by atoms with van der Waals surface area (Å²) in [5.74, 6) is 0.872. The van der Waals surface area contributed by atoms with Crippen molar-refractivity contribution in [3.05, 3.63) is 66.1 Å². The van der Waals surface area contributed by atoms with Crippen LogP contribution in [0.3, 0.4) is 0 Å². The highest BCUT2D eigenvalue weighted by Gasteiger charge is 2.42. The van der Waals surface area contributed by atoms with Crippen LogP contribution in [0.5, 0.6) is 0 Å². The van der Waals surface area contributed by atoms with Gasteiger partial charge in [-0.2, -0.15) is 0 Å². The minimum absolute atomic E-state index is 0.00334. The number of ether oxygens (including phenoxy) is 1. The van der Waals surface area contributed by atoms with E-state index in [-0.39, 0.29) is 17.6 Å². The standard InChI is InChI=1S/C23H28N2O3/c26-22(19-6-2-1-3-7-19)24-18-21-10-11-23(28-21)12-15-25(16-13-23)14-4-8-20-9-5-17-27-20/h1-9,17,21H,10-16,18H2,(H,24,26). The van der Waals surface area contributed by atoms with Crippen molar-refractivity contribution in [3.8, 4) is 0 Å². The number of piperidine rings is 1. The van der Waals surface area contributed by atoms with Crippen LogP contribution in [-0.2, 0) is 4.74 Å². The molecule has 1 unspecified atom stereocenters. The van der Waals surface area contributed by atoms with E-state index in [9.17, 15) is 4.79 Å². The number of hydrogen-bond acceptors (Lipinski definition) is 4. The number of rotatable bonds is 6. The first-order chi connectivity index (χ1) is 13.7. The van der Waals surface area contributed by atoms with Crippen molar-refractivity contribution in [2.45, 2.75) is 37.4 Å². The van der Waals surface area contributed by atoms with E-state index in [2.05, 4.69) is 16.3 Å². The van der Waals surface area contributed by atoms with E-state index in [4.69, 9.17) is 9.15 Å². The van der Waals surface area contributed by atoms with E-state index < -0.39 is 0 Å². The summed E-state index contributed by atoms with van der Waals surface area (Å²) in [5.41, 5.74) is 0.703. The van der Waals surface area contributed by atoms with Gasteiger partial charge in [-0.15, -0.1) is 0 Å². The van der Waals surface area contributed by atoms with Gasteiger partial charge in [0.15, 0.2) is 0 Å². The predicted octanol–water partition coefficient (Wildman–Crippen LogP) is 3.74. The first-order valence-electron chi connectivity index (χ1n) is 10.2. The van der Waals surface area contributed by atoms with E-state index >= 15 is 0 Å². The maximum atomic E-state index is 12.2. The zero-order valence-electron chi connectivity index (χ0n) is 16.2. The lowest BCUT2D eigenvalue weighted by molar-refractivity contribution is -0.0740. The third kappa shape index (κ3) is 4.72. The number of furan rings is 1. The SMILES string of the molecule is O=C(NCC1CCC2(CCN(CC=Cc3ccco3)CC2)O1)c1ccccc1. The Morgan fingerprint density at radius 2 is 1.96 bits per heavy atom. The molecule has 5 heteroatoms. The molecule has 2 aromatic rings. The molecule has 2 aliphatic rings. The second-order valence-corrected chi connectivity index (χ2v) is 7.76. The molecule has 0 saturated carbocycles. The fourth-order valence-corrected chi connectivity index (χ4v) is 4.15. The van der Waals surface area contributed by atoms with Crippen molar-refractivity contribution in [2.24, 2.45) is 0 Å². The number of hydrogen-bond donors (Lipinski definition) is 1. The fraction of sp³-hybridized carbons (Fsp3) is 0.435. The molecule has 1 atom stereocenters. The van der Waals surface area contributed by atoms with Gasteiger partial charge in [0.25, 0.3) is 5.91 Å². The Kier molecular flexibility index (Phi) is 5.93. The van der Waals surface area contributed by atoms with Gasteiger partial charge in [0.2, 0.25) is 0 Å². The normalized spacial score (nSPS) is 22.1. The van der Waals surface area contributed by atoms with Crippen molar-refractivity contribution in [1.82, 2.24) is 10.2 Å². The Balaban J connectivity index is 1.19. The van der Waals surface area contributed by atoms with Gasteiger partial charge >= 0.3 is 0 Å². The highest BCUT2D eigenvalue weighted by atomic mass is 16.5. The van der Waals surface area contributed by atoms with Crippen molar-refractivity contribution in [2.75, 3.05) is 26.2 Å². The average molecular weight is 380 g/mol. The summed E-state index contributed by atoms with van der Waals surface area (Å²) in [7, 11) is 0. The molecular formula is C23H28N2O3. The Morgan fingerprint density at radius 3 is 2.71 bits per heavy atom. The number of nitrogens with one attached hydrogen (secondary N) is 1. The first-order valence-corrected chi connectivity index (χ1v) is 10.2. The summed E-state index contributed by atoms with van der Waals surface area (Å²) in [4.78, 5) is 14.7. The minimum atomic E-state index is -0.0247. The zero-order chi connectivity index (χ0) is 19.2. The van der Waals surface area contributed by atoms with Crippen LogP contribution in [0.4, 0.5) is 0 Å². The molecule has 4 rings (SSSR count). The Bertz CT molecular complexity index is 777. The summed E-state index contributed by atoms with van der Waals surface area (Å²) in [6, 6.07) is 13.2. The van der Waals surface area contributed by atoms with E-state index in [1.807, 2.05) is 48.5 Å². The molecule has 3 heterocycles. The van der Waals surface area contributed by atoms with Gasteiger partial charge in [-0.25, -0.2) is 0 Å². The van der Waals surface area contributed by atoms with E-state index in [1.165, 1.54) is 0 Å².